The molecule has 176 valence electrons. The van der Waals surface area contributed by atoms with Gasteiger partial charge in [0.05, 0.1) is 4.90 Å². The maximum absolute atomic E-state index is 13.2. The average Bonchev–Trinajstić information content (AvgIpc) is 2.76. The van der Waals surface area contributed by atoms with Crippen molar-refractivity contribution in [3.05, 3.63) is 42.0 Å². The molecule has 1 heterocycles. The first-order valence-electron chi connectivity index (χ1n) is 12.8. The first-order valence-corrected chi connectivity index (χ1v) is 14.3. The van der Waals surface area contributed by atoms with Crippen molar-refractivity contribution < 1.29 is 8.42 Å². The number of sulfonamides is 1. The Bertz CT molecular complexity index is 685. The Morgan fingerprint density at radius 1 is 0.581 bits per heavy atom. The molecule has 4 heteroatoms. The minimum atomic E-state index is -3.39. The third kappa shape index (κ3) is 10.8. The number of hydrogen-bond acceptors (Lipinski definition) is 2. The van der Waals surface area contributed by atoms with Crippen LogP contribution in [-0.4, -0.2) is 25.8 Å². The van der Waals surface area contributed by atoms with E-state index in [1.807, 2.05) is 19.1 Å². The van der Waals surface area contributed by atoms with Gasteiger partial charge in [0.15, 0.2) is 0 Å². The standard InChI is InChI=1S/C27H45NO2S/c1-26-20-22-27(23-21-26)31(29,30)28-24-18-16-14-12-10-8-6-4-2-3-5-7-9-11-13-15-17-19-25-28/h2-3,20-23H,4-19,24-25H2,1H3/b3-2+. The third-order valence-electron chi connectivity index (χ3n) is 6.38. The Balaban J connectivity index is 1.90. The maximum Gasteiger partial charge on any atom is 0.243 e. The minimum absolute atomic E-state index is 0.442. The lowest BCUT2D eigenvalue weighted by Crippen LogP contribution is -2.33. The van der Waals surface area contributed by atoms with E-state index in [1.54, 1.807) is 16.4 Å². The molecule has 0 radical (unpaired) electrons. The SMILES string of the molecule is Cc1ccc(S(=O)(=O)N2CCCCCCCCC/C=C/CCCCCCCCC2)cc1. The van der Waals surface area contributed by atoms with Crippen LogP contribution in [0.4, 0.5) is 0 Å². The van der Waals surface area contributed by atoms with E-state index in [-0.39, 0.29) is 0 Å². The average molecular weight is 448 g/mol. The van der Waals surface area contributed by atoms with Crippen LogP contribution in [-0.2, 0) is 10.0 Å². The van der Waals surface area contributed by atoms with E-state index in [0.29, 0.717) is 18.0 Å². The smallest absolute Gasteiger partial charge is 0.207 e. The number of allylic oxidation sites excluding steroid dienone is 2. The number of nitrogens with zero attached hydrogens (tertiary/aromatic N) is 1. The van der Waals surface area contributed by atoms with Gasteiger partial charge in [-0.2, -0.15) is 4.31 Å². The molecule has 0 amide bonds. The molecule has 0 saturated carbocycles. The molecule has 0 aromatic heterocycles. The summed E-state index contributed by atoms with van der Waals surface area (Å²) in [4.78, 5) is 0.442. The molecule has 0 fully saturated rings. The van der Waals surface area contributed by atoms with E-state index in [2.05, 4.69) is 12.2 Å². The third-order valence-corrected chi connectivity index (χ3v) is 8.29. The van der Waals surface area contributed by atoms with E-state index < -0.39 is 10.0 Å². The van der Waals surface area contributed by atoms with Crippen molar-refractivity contribution in [2.75, 3.05) is 13.1 Å². The first kappa shape index (κ1) is 26.1. The Labute approximate surface area is 192 Å². The summed E-state index contributed by atoms with van der Waals surface area (Å²) in [5.41, 5.74) is 1.09. The van der Waals surface area contributed by atoms with Crippen LogP contribution in [0.25, 0.3) is 0 Å². The summed E-state index contributed by atoms with van der Waals surface area (Å²) < 4.78 is 28.2. The van der Waals surface area contributed by atoms with Crippen LogP contribution >= 0.6 is 0 Å². The van der Waals surface area contributed by atoms with Gasteiger partial charge in [-0.25, -0.2) is 8.42 Å². The fraction of sp³-hybridized carbons (Fsp3) is 0.704. The van der Waals surface area contributed by atoms with Crippen molar-refractivity contribution >= 4 is 10.0 Å². The highest BCUT2D eigenvalue weighted by molar-refractivity contribution is 7.89. The maximum atomic E-state index is 13.2. The summed E-state index contributed by atoms with van der Waals surface area (Å²) in [5.74, 6) is 0. The lowest BCUT2D eigenvalue weighted by molar-refractivity contribution is 0.383. The van der Waals surface area contributed by atoms with Crippen molar-refractivity contribution in [2.24, 2.45) is 0 Å². The van der Waals surface area contributed by atoms with Gasteiger partial charge in [-0.05, 0) is 57.6 Å². The highest BCUT2D eigenvalue weighted by Crippen LogP contribution is 2.19. The van der Waals surface area contributed by atoms with Crippen molar-refractivity contribution in [1.29, 1.82) is 0 Å². The number of hydrogen-bond donors (Lipinski definition) is 0. The van der Waals surface area contributed by atoms with Crippen LogP contribution < -0.4 is 0 Å². The van der Waals surface area contributed by atoms with Gasteiger partial charge < -0.3 is 0 Å². The van der Waals surface area contributed by atoms with Crippen molar-refractivity contribution in [2.45, 2.75) is 115 Å². The molecule has 1 aromatic rings. The summed E-state index contributed by atoms with van der Waals surface area (Å²) in [6, 6.07) is 7.33. The monoisotopic (exact) mass is 447 g/mol. The molecule has 1 aromatic carbocycles. The highest BCUT2D eigenvalue weighted by Gasteiger charge is 2.23. The van der Waals surface area contributed by atoms with Gasteiger partial charge in [-0.1, -0.05) is 94.1 Å². The van der Waals surface area contributed by atoms with Crippen LogP contribution in [0.3, 0.4) is 0 Å². The molecular weight excluding hydrogens is 402 g/mol. The molecule has 0 N–H and O–H groups in total. The molecule has 0 unspecified atom stereocenters. The van der Waals surface area contributed by atoms with Gasteiger partial charge >= 0.3 is 0 Å². The number of benzene rings is 1. The zero-order valence-electron chi connectivity index (χ0n) is 19.9. The molecular formula is C27H45NO2S. The summed E-state index contributed by atoms with van der Waals surface area (Å²) in [7, 11) is -3.39. The van der Waals surface area contributed by atoms with Crippen molar-refractivity contribution in [3.8, 4) is 0 Å². The first-order chi connectivity index (χ1) is 15.1. The quantitative estimate of drug-likeness (QED) is 0.434. The fourth-order valence-corrected chi connectivity index (χ4v) is 5.83. The topological polar surface area (TPSA) is 37.4 Å². The minimum Gasteiger partial charge on any atom is -0.207 e. The van der Waals surface area contributed by atoms with Gasteiger partial charge in [-0.15, -0.1) is 0 Å². The summed E-state index contributed by atoms with van der Waals surface area (Å²) in [6.07, 6.45) is 24.2. The number of aryl methyl sites for hydroxylation is 1. The Hall–Kier alpha value is -1.13. The molecule has 3 nitrogen and oxygen atoms in total. The molecule has 1 aliphatic heterocycles. The van der Waals surface area contributed by atoms with Gasteiger partial charge in [-0.3, -0.25) is 0 Å². The van der Waals surface area contributed by atoms with Crippen LogP contribution in [0.1, 0.15) is 108 Å². The largest absolute Gasteiger partial charge is 0.243 e. The van der Waals surface area contributed by atoms with E-state index in [0.717, 1.165) is 31.2 Å². The Kier molecular flexibility index (Phi) is 13.2. The summed E-state index contributed by atoms with van der Waals surface area (Å²) >= 11 is 0. The Morgan fingerprint density at radius 3 is 1.42 bits per heavy atom. The van der Waals surface area contributed by atoms with Crippen LogP contribution in [0.15, 0.2) is 41.3 Å². The normalized spacial score (nSPS) is 21.7. The van der Waals surface area contributed by atoms with E-state index in [9.17, 15) is 8.42 Å². The van der Waals surface area contributed by atoms with Gasteiger partial charge in [0, 0.05) is 13.1 Å². The van der Waals surface area contributed by atoms with Gasteiger partial charge in [0.1, 0.15) is 0 Å². The van der Waals surface area contributed by atoms with Gasteiger partial charge in [0.25, 0.3) is 0 Å². The van der Waals surface area contributed by atoms with Crippen molar-refractivity contribution in [3.63, 3.8) is 0 Å². The van der Waals surface area contributed by atoms with Gasteiger partial charge in [0.2, 0.25) is 10.0 Å². The van der Waals surface area contributed by atoms with E-state index in [4.69, 9.17) is 0 Å². The fourth-order valence-electron chi connectivity index (χ4n) is 4.32. The summed E-state index contributed by atoms with van der Waals surface area (Å²) in [6.45, 7) is 3.30. The summed E-state index contributed by atoms with van der Waals surface area (Å²) in [5, 5.41) is 0. The molecule has 2 rings (SSSR count). The lowest BCUT2D eigenvalue weighted by atomic mass is 10.1. The van der Waals surface area contributed by atoms with Crippen LogP contribution in [0.5, 0.6) is 0 Å². The molecule has 0 atom stereocenters. The zero-order valence-corrected chi connectivity index (χ0v) is 20.7. The van der Waals surface area contributed by atoms with Crippen LogP contribution in [0.2, 0.25) is 0 Å². The van der Waals surface area contributed by atoms with Crippen LogP contribution in [0, 0.1) is 6.92 Å². The molecule has 0 spiro atoms. The molecule has 0 saturated heterocycles. The van der Waals surface area contributed by atoms with E-state index in [1.165, 1.54) is 77.0 Å². The number of rotatable bonds is 2. The molecule has 31 heavy (non-hydrogen) atoms. The Morgan fingerprint density at radius 2 is 0.968 bits per heavy atom. The molecule has 0 aliphatic carbocycles. The highest BCUT2D eigenvalue weighted by atomic mass is 32.2. The molecule has 0 bridgehead atoms. The van der Waals surface area contributed by atoms with E-state index >= 15 is 0 Å². The zero-order chi connectivity index (χ0) is 22.2. The van der Waals surface area contributed by atoms with Crippen molar-refractivity contribution in [1.82, 2.24) is 4.31 Å². The predicted octanol–water partition coefficient (Wildman–Crippen LogP) is 7.80. The molecule has 1 aliphatic rings. The lowest BCUT2D eigenvalue weighted by Gasteiger charge is -2.22. The second-order valence-corrected chi connectivity index (χ2v) is 11.2. The second-order valence-electron chi connectivity index (χ2n) is 9.22. The predicted molar refractivity (Wildman–Crippen MR) is 133 cm³/mol. The second kappa shape index (κ2) is 15.6.